The summed E-state index contributed by atoms with van der Waals surface area (Å²) in [6, 6.07) is 0. The highest BCUT2D eigenvalue weighted by atomic mass is 16.4. The fourth-order valence-corrected chi connectivity index (χ4v) is 1.45. The maximum atomic E-state index is 11.6. The number of aryl methyl sites for hydroxylation is 1. The van der Waals surface area contributed by atoms with Crippen LogP contribution in [-0.2, 0) is 11.3 Å². The van der Waals surface area contributed by atoms with Gasteiger partial charge in [0.2, 0.25) is 5.95 Å². The van der Waals surface area contributed by atoms with Gasteiger partial charge in [-0.2, -0.15) is 4.98 Å². The first-order chi connectivity index (χ1) is 8.11. The summed E-state index contributed by atoms with van der Waals surface area (Å²) >= 11 is 0. The third-order valence-electron chi connectivity index (χ3n) is 2.28. The molecule has 0 aliphatic rings. The number of hydrogen-bond donors (Lipinski definition) is 3. The number of anilines is 1. The first-order valence-corrected chi connectivity index (χ1v) is 4.96. The Bertz CT molecular complexity index is 615. The molecule has 17 heavy (non-hydrogen) atoms. The second-order valence-corrected chi connectivity index (χ2v) is 3.42. The third-order valence-corrected chi connectivity index (χ3v) is 2.28. The Hall–Kier alpha value is -2.38. The van der Waals surface area contributed by atoms with Crippen LogP contribution in [-0.4, -0.2) is 37.6 Å². The molecule has 8 nitrogen and oxygen atoms in total. The summed E-state index contributed by atoms with van der Waals surface area (Å²) in [6.45, 7) is 0.228. The van der Waals surface area contributed by atoms with E-state index < -0.39 is 5.97 Å². The van der Waals surface area contributed by atoms with Crippen LogP contribution in [0.3, 0.4) is 0 Å². The summed E-state index contributed by atoms with van der Waals surface area (Å²) in [5.41, 5.74) is 0.224. The number of carbonyl (C=O) groups is 1. The maximum absolute atomic E-state index is 11.6. The molecule has 90 valence electrons. The minimum atomic E-state index is -0.912. The highest BCUT2D eigenvalue weighted by molar-refractivity contribution is 5.71. The topological polar surface area (TPSA) is 113 Å². The van der Waals surface area contributed by atoms with Crippen LogP contribution in [0, 0.1) is 0 Å². The van der Waals surface area contributed by atoms with E-state index >= 15 is 0 Å². The molecule has 2 aromatic rings. The second kappa shape index (κ2) is 4.24. The molecule has 0 amide bonds. The number of carboxylic acids is 1. The number of nitrogens with one attached hydrogen (secondary N) is 2. The summed E-state index contributed by atoms with van der Waals surface area (Å²) in [5, 5.41) is 11.3. The van der Waals surface area contributed by atoms with E-state index in [9.17, 15) is 9.59 Å². The van der Waals surface area contributed by atoms with E-state index in [-0.39, 0.29) is 24.0 Å². The number of aliphatic carboxylic acids is 1. The lowest BCUT2D eigenvalue weighted by Crippen LogP contribution is -2.12. The highest BCUT2D eigenvalue weighted by Crippen LogP contribution is 2.08. The largest absolute Gasteiger partial charge is 0.481 e. The van der Waals surface area contributed by atoms with Crippen LogP contribution in [0.2, 0.25) is 0 Å². The van der Waals surface area contributed by atoms with Crippen molar-refractivity contribution in [2.75, 3.05) is 12.4 Å². The van der Waals surface area contributed by atoms with E-state index in [1.165, 1.54) is 6.33 Å². The van der Waals surface area contributed by atoms with Gasteiger partial charge >= 0.3 is 5.97 Å². The molecule has 0 fully saturated rings. The van der Waals surface area contributed by atoms with E-state index in [1.807, 2.05) is 0 Å². The van der Waals surface area contributed by atoms with Crippen LogP contribution < -0.4 is 10.9 Å². The van der Waals surface area contributed by atoms with E-state index in [0.29, 0.717) is 11.6 Å². The molecule has 0 radical (unpaired) electrons. The first-order valence-electron chi connectivity index (χ1n) is 4.96. The number of carboxylic acid groups (broad SMARTS) is 1. The van der Waals surface area contributed by atoms with Crippen LogP contribution in [0.25, 0.3) is 11.2 Å². The fraction of sp³-hybridized carbons (Fsp3) is 0.333. The van der Waals surface area contributed by atoms with Gasteiger partial charge in [0.05, 0.1) is 12.7 Å². The van der Waals surface area contributed by atoms with Crippen molar-refractivity contribution >= 4 is 23.1 Å². The quantitative estimate of drug-likeness (QED) is 0.669. The van der Waals surface area contributed by atoms with Crippen molar-refractivity contribution in [1.29, 1.82) is 0 Å². The van der Waals surface area contributed by atoms with Gasteiger partial charge in [-0.1, -0.05) is 0 Å². The average molecular weight is 237 g/mol. The lowest BCUT2D eigenvalue weighted by atomic mass is 10.4. The lowest BCUT2D eigenvalue weighted by molar-refractivity contribution is -0.137. The Morgan fingerprint density at radius 3 is 3.06 bits per heavy atom. The molecule has 0 saturated heterocycles. The summed E-state index contributed by atoms with van der Waals surface area (Å²) in [6.07, 6.45) is 1.37. The number of nitrogens with zero attached hydrogens (tertiary/aromatic N) is 3. The predicted octanol–water partition coefficient (Wildman–Crippen LogP) is -0.364. The highest BCUT2D eigenvalue weighted by Gasteiger charge is 2.10. The van der Waals surface area contributed by atoms with Crippen molar-refractivity contribution in [3.05, 3.63) is 16.7 Å². The molecule has 3 N–H and O–H groups in total. The van der Waals surface area contributed by atoms with Gasteiger partial charge < -0.3 is 15.0 Å². The van der Waals surface area contributed by atoms with Gasteiger partial charge in [-0.25, -0.2) is 4.98 Å². The number of fused-ring (bicyclic) bond motifs is 1. The predicted molar refractivity (Wildman–Crippen MR) is 59.9 cm³/mol. The smallest absolute Gasteiger partial charge is 0.305 e. The van der Waals surface area contributed by atoms with Gasteiger partial charge in [0.25, 0.3) is 5.56 Å². The molecular formula is C9H11N5O3. The SMILES string of the molecule is CNc1nc2c(ncn2CCC(=O)O)c(=O)[nH]1. The number of hydrogen-bond acceptors (Lipinski definition) is 5. The zero-order chi connectivity index (χ0) is 12.4. The molecular weight excluding hydrogens is 226 g/mol. The first kappa shape index (κ1) is 11.1. The molecule has 0 aliphatic heterocycles. The van der Waals surface area contributed by atoms with Crippen LogP contribution in [0.4, 0.5) is 5.95 Å². The van der Waals surface area contributed by atoms with Crippen molar-refractivity contribution < 1.29 is 9.90 Å². The fourth-order valence-electron chi connectivity index (χ4n) is 1.45. The van der Waals surface area contributed by atoms with E-state index in [0.717, 1.165) is 0 Å². The van der Waals surface area contributed by atoms with Gasteiger partial charge in [0.1, 0.15) is 0 Å². The van der Waals surface area contributed by atoms with Gasteiger partial charge in [-0.05, 0) is 0 Å². The van der Waals surface area contributed by atoms with Gasteiger partial charge in [-0.15, -0.1) is 0 Å². The third kappa shape index (κ3) is 2.10. The molecule has 0 unspecified atom stereocenters. The molecule has 0 saturated carbocycles. The van der Waals surface area contributed by atoms with Gasteiger partial charge in [-0.3, -0.25) is 14.6 Å². The summed E-state index contributed by atoms with van der Waals surface area (Å²) < 4.78 is 1.54. The van der Waals surface area contributed by atoms with E-state index in [2.05, 4.69) is 20.3 Å². The number of aromatic amines is 1. The van der Waals surface area contributed by atoms with E-state index in [4.69, 9.17) is 5.11 Å². The summed E-state index contributed by atoms with van der Waals surface area (Å²) in [4.78, 5) is 32.6. The Morgan fingerprint density at radius 1 is 1.65 bits per heavy atom. The Kier molecular flexibility index (Phi) is 2.77. The summed E-state index contributed by atoms with van der Waals surface area (Å²) in [5.74, 6) is -0.592. The average Bonchev–Trinajstić information content (AvgIpc) is 2.69. The zero-order valence-corrected chi connectivity index (χ0v) is 9.10. The number of H-pyrrole nitrogens is 1. The Labute approximate surface area is 95.3 Å². The normalized spacial score (nSPS) is 10.6. The van der Waals surface area contributed by atoms with Gasteiger partial charge in [0, 0.05) is 13.6 Å². The minimum absolute atomic E-state index is 0.0468. The molecule has 0 aliphatic carbocycles. The van der Waals surface area contributed by atoms with Crippen molar-refractivity contribution in [2.24, 2.45) is 0 Å². The van der Waals surface area contributed by atoms with Crippen LogP contribution in [0.1, 0.15) is 6.42 Å². The van der Waals surface area contributed by atoms with Crippen molar-refractivity contribution in [3.63, 3.8) is 0 Å². The molecule has 0 aromatic carbocycles. The van der Waals surface area contributed by atoms with Crippen molar-refractivity contribution in [1.82, 2.24) is 19.5 Å². The number of imidazole rings is 1. The molecule has 0 spiro atoms. The Balaban J connectivity index is 2.47. The monoisotopic (exact) mass is 237 g/mol. The molecule has 0 atom stereocenters. The Morgan fingerprint density at radius 2 is 2.41 bits per heavy atom. The zero-order valence-electron chi connectivity index (χ0n) is 9.10. The van der Waals surface area contributed by atoms with Crippen LogP contribution in [0.15, 0.2) is 11.1 Å². The van der Waals surface area contributed by atoms with Gasteiger partial charge in [0.15, 0.2) is 11.2 Å². The van der Waals surface area contributed by atoms with Crippen LogP contribution in [0.5, 0.6) is 0 Å². The number of rotatable bonds is 4. The molecule has 2 aromatic heterocycles. The molecule has 0 bridgehead atoms. The molecule has 2 rings (SSSR count). The minimum Gasteiger partial charge on any atom is -0.481 e. The summed E-state index contributed by atoms with van der Waals surface area (Å²) in [7, 11) is 1.63. The van der Waals surface area contributed by atoms with Crippen LogP contribution >= 0.6 is 0 Å². The molecule has 2 heterocycles. The van der Waals surface area contributed by atoms with Crippen molar-refractivity contribution in [3.8, 4) is 0 Å². The number of aromatic nitrogens is 4. The maximum Gasteiger partial charge on any atom is 0.305 e. The second-order valence-electron chi connectivity index (χ2n) is 3.42. The van der Waals surface area contributed by atoms with E-state index in [1.54, 1.807) is 11.6 Å². The standard InChI is InChI=1S/C9H11N5O3/c1-10-9-12-7-6(8(17)13-9)11-4-14(7)3-2-5(15)16/h4H,2-3H2,1H3,(H,15,16)(H2,10,12,13,17). The molecule has 8 heteroatoms. The van der Waals surface area contributed by atoms with Crippen molar-refractivity contribution in [2.45, 2.75) is 13.0 Å². The lowest BCUT2D eigenvalue weighted by Gasteiger charge is -2.02.